The summed E-state index contributed by atoms with van der Waals surface area (Å²) in [5.41, 5.74) is 2.26. The van der Waals surface area contributed by atoms with Crippen LogP contribution in [0, 0.1) is 13.8 Å². The molecule has 0 spiro atoms. The maximum atomic E-state index is 12.8. The van der Waals surface area contributed by atoms with Crippen LogP contribution in [-0.4, -0.2) is 44.3 Å². The Kier molecular flexibility index (Phi) is 7.53. The molecular formula is C21H26N2O5S. The Morgan fingerprint density at radius 1 is 1.00 bits per heavy atom. The highest BCUT2D eigenvalue weighted by Crippen LogP contribution is 2.22. The lowest BCUT2D eigenvalue weighted by Crippen LogP contribution is -2.31. The minimum atomic E-state index is -3.72. The van der Waals surface area contributed by atoms with Gasteiger partial charge in [0.15, 0.2) is 6.61 Å². The highest BCUT2D eigenvalue weighted by molar-refractivity contribution is 7.89. The van der Waals surface area contributed by atoms with Gasteiger partial charge in [0.2, 0.25) is 10.0 Å². The van der Waals surface area contributed by atoms with E-state index in [9.17, 15) is 18.0 Å². The Bertz CT molecular complexity index is 981. The van der Waals surface area contributed by atoms with Gasteiger partial charge in [0.25, 0.3) is 5.91 Å². The Hall–Kier alpha value is -2.71. The average Bonchev–Trinajstić information content (AvgIpc) is 2.69. The molecule has 156 valence electrons. The number of aryl methyl sites for hydroxylation is 2. The maximum Gasteiger partial charge on any atom is 0.338 e. The molecule has 0 bridgehead atoms. The van der Waals surface area contributed by atoms with Crippen LogP contribution >= 0.6 is 0 Å². The summed E-state index contributed by atoms with van der Waals surface area (Å²) >= 11 is 0. The molecule has 0 aliphatic carbocycles. The first-order valence-electron chi connectivity index (χ1n) is 9.33. The molecular weight excluding hydrogens is 392 g/mol. The van der Waals surface area contributed by atoms with E-state index in [0.29, 0.717) is 24.3 Å². The molecule has 0 atom stereocenters. The van der Waals surface area contributed by atoms with Crippen molar-refractivity contribution in [2.45, 2.75) is 32.6 Å². The van der Waals surface area contributed by atoms with Crippen LogP contribution < -0.4 is 5.32 Å². The SMILES string of the molecule is CCN(CC)S(=O)(=O)c1cc(C(=O)OCC(=O)Nc2ccc(C)cc2)ccc1C. The Labute approximate surface area is 171 Å². The van der Waals surface area contributed by atoms with Crippen LogP contribution in [0.2, 0.25) is 0 Å². The van der Waals surface area contributed by atoms with Gasteiger partial charge in [0, 0.05) is 18.8 Å². The molecule has 2 rings (SSSR count). The largest absolute Gasteiger partial charge is 0.452 e. The molecule has 7 nitrogen and oxygen atoms in total. The van der Waals surface area contributed by atoms with Crippen LogP contribution in [0.5, 0.6) is 0 Å². The highest BCUT2D eigenvalue weighted by Gasteiger charge is 2.25. The highest BCUT2D eigenvalue weighted by atomic mass is 32.2. The number of hydrogen-bond donors (Lipinski definition) is 1. The summed E-state index contributed by atoms with van der Waals surface area (Å²) in [6, 6.07) is 11.5. The predicted molar refractivity (Wildman–Crippen MR) is 111 cm³/mol. The lowest BCUT2D eigenvalue weighted by Gasteiger charge is -2.20. The van der Waals surface area contributed by atoms with Gasteiger partial charge in [-0.2, -0.15) is 4.31 Å². The van der Waals surface area contributed by atoms with Crippen molar-refractivity contribution >= 4 is 27.6 Å². The first-order chi connectivity index (χ1) is 13.7. The third kappa shape index (κ3) is 5.65. The molecule has 0 aliphatic rings. The molecule has 0 saturated carbocycles. The van der Waals surface area contributed by atoms with E-state index in [1.807, 2.05) is 19.1 Å². The number of esters is 1. The van der Waals surface area contributed by atoms with Crippen molar-refractivity contribution in [1.82, 2.24) is 4.31 Å². The molecule has 0 heterocycles. The Morgan fingerprint density at radius 2 is 1.62 bits per heavy atom. The molecule has 0 unspecified atom stereocenters. The van der Waals surface area contributed by atoms with Gasteiger partial charge in [0.1, 0.15) is 0 Å². The molecule has 1 N–H and O–H groups in total. The number of amides is 1. The third-order valence-corrected chi connectivity index (χ3v) is 6.61. The van der Waals surface area contributed by atoms with Crippen molar-refractivity contribution in [3.05, 3.63) is 59.2 Å². The van der Waals surface area contributed by atoms with Crippen LogP contribution in [0.15, 0.2) is 47.4 Å². The van der Waals surface area contributed by atoms with E-state index in [4.69, 9.17) is 4.74 Å². The van der Waals surface area contributed by atoms with Gasteiger partial charge in [-0.1, -0.05) is 37.6 Å². The molecule has 0 aromatic heterocycles. The average molecular weight is 419 g/mol. The third-order valence-electron chi connectivity index (χ3n) is 4.42. The number of carbonyl (C=O) groups is 2. The summed E-state index contributed by atoms with van der Waals surface area (Å²) in [5, 5.41) is 2.63. The minimum Gasteiger partial charge on any atom is -0.452 e. The van der Waals surface area contributed by atoms with Crippen molar-refractivity contribution in [3.8, 4) is 0 Å². The van der Waals surface area contributed by atoms with Crippen molar-refractivity contribution < 1.29 is 22.7 Å². The summed E-state index contributed by atoms with van der Waals surface area (Å²) in [6.07, 6.45) is 0. The zero-order chi connectivity index (χ0) is 21.6. The number of benzene rings is 2. The number of rotatable bonds is 8. The molecule has 2 aromatic rings. The zero-order valence-corrected chi connectivity index (χ0v) is 17.9. The first-order valence-corrected chi connectivity index (χ1v) is 10.8. The van der Waals surface area contributed by atoms with E-state index in [2.05, 4.69) is 5.32 Å². The fourth-order valence-corrected chi connectivity index (χ4v) is 4.46. The van der Waals surface area contributed by atoms with Gasteiger partial charge < -0.3 is 10.1 Å². The van der Waals surface area contributed by atoms with Crippen molar-refractivity contribution in [2.24, 2.45) is 0 Å². The smallest absolute Gasteiger partial charge is 0.338 e. The van der Waals surface area contributed by atoms with E-state index in [0.717, 1.165) is 5.56 Å². The molecule has 1 amide bonds. The summed E-state index contributed by atoms with van der Waals surface area (Å²) < 4.78 is 32.0. The summed E-state index contributed by atoms with van der Waals surface area (Å²) in [7, 11) is -3.72. The molecule has 0 aliphatic heterocycles. The second-order valence-corrected chi connectivity index (χ2v) is 8.47. The number of sulfonamides is 1. The number of ether oxygens (including phenoxy) is 1. The van der Waals surface area contributed by atoms with Crippen LogP contribution in [-0.2, 0) is 19.6 Å². The molecule has 29 heavy (non-hydrogen) atoms. The number of nitrogens with one attached hydrogen (secondary N) is 1. The van der Waals surface area contributed by atoms with E-state index < -0.39 is 28.5 Å². The molecule has 0 saturated heterocycles. The molecule has 2 aromatic carbocycles. The van der Waals surface area contributed by atoms with Gasteiger partial charge >= 0.3 is 5.97 Å². The van der Waals surface area contributed by atoms with E-state index in [-0.39, 0.29) is 10.5 Å². The summed E-state index contributed by atoms with van der Waals surface area (Å²) in [5.74, 6) is -1.25. The summed E-state index contributed by atoms with van der Waals surface area (Å²) in [4.78, 5) is 24.4. The maximum absolute atomic E-state index is 12.8. The van der Waals surface area contributed by atoms with Gasteiger partial charge in [-0.25, -0.2) is 13.2 Å². The van der Waals surface area contributed by atoms with Gasteiger partial charge in [-0.05, 0) is 43.7 Å². The van der Waals surface area contributed by atoms with Crippen LogP contribution in [0.3, 0.4) is 0 Å². The number of hydrogen-bond acceptors (Lipinski definition) is 5. The number of anilines is 1. The molecule has 0 radical (unpaired) electrons. The monoisotopic (exact) mass is 418 g/mol. The normalized spacial score (nSPS) is 11.3. The van der Waals surface area contributed by atoms with Gasteiger partial charge in [-0.15, -0.1) is 0 Å². The van der Waals surface area contributed by atoms with Crippen molar-refractivity contribution in [3.63, 3.8) is 0 Å². The van der Waals surface area contributed by atoms with Gasteiger partial charge in [0.05, 0.1) is 10.5 Å². The fourth-order valence-electron chi connectivity index (χ4n) is 2.76. The van der Waals surface area contributed by atoms with E-state index in [1.54, 1.807) is 39.0 Å². The standard InChI is InChI=1S/C21H26N2O5S/c1-5-23(6-2)29(26,27)19-13-17(10-9-16(19)4)21(25)28-14-20(24)22-18-11-7-15(3)8-12-18/h7-13H,5-6,14H2,1-4H3,(H,22,24). The van der Waals surface area contributed by atoms with Crippen molar-refractivity contribution in [2.75, 3.05) is 25.0 Å². The summed E-state index contributed by atoms with van der Waals surface area (Å²) in [6.45, 7) is 7.28. The fraction of sp³-hybridized carbons (Fsp3) is 0.333. The zero-order valence-electron chi connectivity index (χ0n) is 17.1. The second-order valence-electron chi connectivity index (χ2n) is 6.56. The molecule has 8 heteroatoms. The van der Waals surface area contributed by atoms with E-state index in [1.165, 1.54) is 16.4 Å². The van der Waals surface area contributed by atoms with Gasteiger partial charge in [-0.3, -0.25) is 4.79 Å². The van der Waals surface area contributed by atoms with Crippen molar-refractivity contribution in [1.29, 1.82) is 0 Å². The second kappa shape index (κ2) is 9.67. The first kappa shape index (κ1) is 22.6. The number of nitrogens with zero attached hydrogens (tertiary/aromatic N) is 1. The minimum absolute atomic E-state index is 0.0553. The topological polar surface area (TPSA) is 92.8 Å². The quantitative estimate of drug-likeness (QED) is 0.665. The lowest BCUT2D eigenvalue weighted by molar-refractivity contribution is -0.119. The molecule has 0 fully saturated rings. The predicted octanol–water partition coefficient (Wildman–Crippen LogP) is 3.13. The van der Waals surface area contributed by atoms with Crippen LogP contribution in [0.25, 0.3) is 0 Å². The lowest BCUT2D eigenvalue weighted by atomic mass is 10.1. The van der Waals surface area contributed by atoms with Crippen LogP contribution in [0.1, 0.15) is 35.3 Å². The Morgan fingerprint density at radius 3 is 2.21 bits per heavy atom. The Balaban J connectivity index is 2.09. The van der Waals surface area contributed by atoms with E-state index >= 15 is 0 Å². The number of carbonyl (C=O) groups excluding carboxylic acids is 2. The van der Waals surface area contributed by atoms with Crippen LogP contribution in [0.4, 0.5) is 5.69 Å².